The molecular formula is C16H18O2S. The predicted octanol–water partition coefficient (Wildman–Crippen LogP) is 3.75. The lowest BCUT2D eigenvalue weighted by Crippen LogP contribution is -2.05. The predicted molar refractivity (Wildman–Crippen MR) is 77.3 cm³/mol. The largest absolute Gasteiger partial charge is 0.219 e. The van der Waals surface area contributed by atoms with Gasteiger partial charge in [0.2, 0.25) is 9.84 Å². The van der Waals surface area contributed by atoms with E-state index in [0.717, 1.165) is 22.3 Å². The van der Waals surface area contributed by atoms with Gasteiger partial charge in [-0.3, -0.25) is 0 Å². The fourth-order valence-electron chi connectivity index (χ4n) is 2.02. The van der Waals surface area contributed by atoms with E-state index in [2.05, 4.69) is 0 Å². The van der Waals surface area contributed by atoms with Crippen molar-refractivity contribution in [2.75, 3.05) is 0 Å². The SMILES string of the molecule is Cc1ccc(S(=O)(=O)c2cccc(C)c2C)cc1C. The van der Waals surface area contributed by atoms with E-state index in [0.29, 0.717) is 9.79 Å². The summed E-state index contributed by atoms with van der Waals surface area (Å²) in [5.41, 5.74) is 3.90. The monoisotopic (exact) mass is 274 g/mol. The van der Waals surface area contributed by atoms with Crippen molar-refractivity contribution in [2.24, 2.45) is 0 Å². The van der Waals surface area contributed by atoms with Gasteiger partial charge in [-0.05, 0) is 68.1 Å². The van der Waals surface area contributed by atoms with Gasteiger partial charge in [-0.25, -0.2) is 8.42 Å². The van der Waals surface area contributed by atoms with Gasteiger partial charge in [0.1, 0.15) is 0 Å². The van der Waals surface area contributed by atoms with E-state index in [9.17, 15) is 8.42 Å². The van der Waals surface area contributed by atoms with Crippen molar-refractivity contribution in [2.45, 2.75) is 37.5 Å². The van der Waals surface area contributed by atoms with E-state index >= 15 is 0 Å². The third kappa shape index (κ3) is 2.43. The quantitative estimate of drug-likeness (QED) is 0.835. The van der Waals surface area contributed by atoms with Crippen molar-refractivity contribution in [1.82, 2.24) is 0 Å². The van der Waals surface area contributed by atoms with Gasteiger partial charge in [0, 0.05) is 0 Å². The summed E-state index contributed by atoms with van der Waals surface area (Å²) in [6.07, 6.45) is 0. The van der Waals surface area contributed by atoms with Crippen LogP contribution in [0.1, 0.15) is 22.3 Å². The summed E-state index contributed by atoms with van der Waals surface area (Å²) in [5, 5.41) is 0. The first kappa shape index (κ1) is 13.8. The third-order valence-corrected chi connectivity index (χ3v) is 5.53. The van der Waals surface area contributed by atoms with Crippen LogP contribution in [-0.2, 0) is 9.84 Å². The van der Waals surface area contributed by atoms with Gasteiger partial charge in [0.05, 0.1) is 9.79 Å². The minimum atomic E-state index is -3.43. The second kappa shape index (κ2) is 4.82. The topological polar surface area (TPSA) is 34.1 Å². The van der Waals surface area contributed by atoms with Crippen LogP contribution in [0.25, 0.3) is 0 Å². The molecule has 0 aliphatic rings. The maximum atomic E-state index is 12.7. The van der Waals surface area contributed by atoms with Crippen LogP contribution < -0.4 is 0 Å². The number of sulfone groups is 1. The van der Waals surface area contributed by atoms with Gasteiger partial charge in [-0.15, -0.1) is 0 Å². The summed E-state index contributed by atoms with van der Waals surface area (Å²) < 4.78 is 25.3. The van der Waals surface area contributed by atoms with Crippen molar-refractivity contribution in [3.05, 3.63) is 58.7 Å². The first-order chi connectivity index (χ1) is 8.84. The Labute approximate surface area is 115 Å². The summed E-state index contributed by atoms with van der Waals surface area (Å²) in [6.45, 7) is 7.68. The second-order valence-electron chi connectivity index (χ2n) is 4.95. The van der Waals surface area contributed by atoms with Crippen LogP contribution in [0.3, 0.4) is 0 Å². The van der Waals surface area contributed by atoms with E-state index in [1.165, 1.54) is 0 Å². The average molecular weight is 274 g/mol. The van der Waals surface area contributed by atoms with Crippen molar-refractivity contribution >= 4 is 9.84 Å². The molecule has 2 aromatic rings. The molecule has 100 valence electrons. The van der Waals surface area contributed by atoms with E-state index in [4.69, 9.17) is 0 Å². The Morgan fingerprint density at radius 1 is 0.789 bits per heavy atom. The molecule has 0 heterocycles. The van der Waals surface area contributed by atoms with Gasteiger partial charge in [-0.2, -0.15) is 0 Å². The highest BCUT2D eigenvalue weighted by atomic mass is 32.2. The summed E-state index contributed by atoms with van der Waals surface area (Å²) in [6, 6.07) is 10.7. The Hall–Kier alpha value is -1.61. The van der Waals surface area contributed by atoms with Gasteiger partial charge < -0.3 is 0 Å². The Balaban J connectivity index is 2.65. The molecule has 2 aromatic carbocycles. The molecule has 2 rings (SSSR count). The molecule has 0 amide bonds. The molecule has 0 aliphatic carbocycles. The molecule has 0 spiro atoms. The van der Waals surface area contributed by atoms with Crippen LogP contribution >= 0.6 is 0 Å². The van der Waals surface area contributed by atoms with Gasteiger partial charge in [0.15, 0.2) is 0 Å². The number of hydrogen-bond acceptors (Lipinski definition) is 2. The summed E-state index contributed by atoms with van der Waals surface area (Å²) >= 11 is 0. The van der Waals surface area contributed by atoms with Gasteiger partial charge in [-0.1, -0.05) is 18.2 Å². The van der Waals surface area contributed by atoms with Crippen LogP contribution in [0.2, 0.25) is 0 Å². The highest BCUT2D eigenvalue weighted by Gasteiger charge is 2.20. The van der Waals surface area contributed by atoms with Crippen LogP contribution in [-0.4, -0.2) is 8.42 Å². The first-order valence-electron chi connectivity index (χ1n) is 6.22. The molecule has 0 bridgehead atoms. The average Bonchev–Trinajstić information content (AvgIpc) is 2.35. The molecule has 0 aliphatic heterocycles. The van der Waals surface area contributed by atoms with Gasteiger partial charge >= 0.3 is 0 Å². The van der Waals surface area contributed by atoms with Crippen molar-refractivity contribution in [3.8, 4) is 0 Å². The molecule has 3 heteroatoms. The van der Waals surface area contributed by atoms with Crippen LogP contribution in [0, 0.1) is 27.7 Å². The summed E-state index contributed by atoms with van der Waals surface area (Å²) in [4.78, 5) is 0.764. The maximum absolute atomic E-state index is 12.7. The Morgan fingerprint density at radius 3 is 2.11 bits per heavy atom. The lowest BCUT2D eigenvalue weighted by Gasteiger charge is -2.11. The molecule has 0 fully saturated rings. The maximum Gasteiger partial charge on any atom is 0.206 e. The Kier molecular flexibility index (Phi) is 3.50. The van der Waals surface area contributed by atoms with E-state index in [1.54, 1.807) is 24.3 Å². The molecule has 0 radical (unpaired) electrons. The molecule has 2 nitrogen and oxygen atoms in total. The highest BCUT2D eigenvalue weighted by Crippen LogP contribution is 2.26. The second-order valence-corrected chi connectivity index (χ2v) is 6.87. The van der Waals surface area contributed by atoms with Crippen molar-refractivity contribution < 1.29 is 8.42 Å². The van der Waals surface area contributed by atoms with Crippen molar-refractivity contribution in [1.29, 1.82) is 0 Å². The molecule has 0 N–H and O–H groups in total. The molecule has 0 unspecified atom stereocenters. The lowest BCUT2D eigenvalue weighted by atomic mass is 10.1. The zero-order chi connectivity index (χ0) is 14.2. The van der Waals surface area contributed by atoms with E-state index < -0.39 is 9.84 Å². The molecule has 19 heavy (non-hydrogen) atoms. The zero-order valence-electron chi connectivity index (χ0n) is 11.7. The van der Waals surface area contributed by atoms with Crippen LogP contribution in [0.4, 0.5) is 0 Å². The minimum Gasteiger partial charge on any atom is -0.219 e. The fraction of sp³-hybridized carbons (Fsp3) is 0.250. The molecular weight excluding hydrogens is 256 g/mol. The summed E-state index contributed by atoms with van der Waals surface area (Å²) in [7, 11) is -3.43. The molecule has 0 saturated heterocycles. The molecule has 0 saturated carbocycles. The smallest absolute Gasteiger partial charge is 0.206 e. The Bertz CT molecular complexity index is 728. The van der Waals surface area contributed by atoms with Crippen LogP contribution in [0.5, 0.6) is 0 Å². The lowest BCUT2D eigenvalue weighted by molar-refractivity contribution is 0.595. The highest BCUT2D eigenvalue weighted by molar-refractivity contribution is 7.91. The molecule has 0 aromatic heterocycles. The zero-order valence-corrected chi connectivity index (χ0v) is 12.5. The standard InChI is InChI=1S/C16H18O2S/c1-11-8-9-15(10-13(11)3)19(17,18)16-7-5-6-12(2)14(16)4/h5-10H,1-4H3. The normalized spacial score (nSPS) is 11.6. The minimum absolute atomic E-state index is 0.365. The number of aryl methyl sites for hydroxylation is 3. The fourth-order valence-corrected chi connectivity index (χ4v) is 3.68. The number of benzene rings is 2. The van der Waals surface area contributed by atoms with Gasteiger partial charge in [0.25, 0.3) is 0 Å². The summed E-state index contributed by atoms with van der Waals surface area (Å²) in [5.74, 6) is 0. The van der Waals surface area contributed by atoms with Crippen LogP contribution in [0.15, 0.2) is 46.2 Å². The van der Waals surface area contributed by atoms with E-state index in [-0.39, 0.29) is 0 Å². The third-order valence-electron chi connectivity index (χ3n) is 3.63. The van der Waals surface area contributed by atoms with E-state index in [1.807, 2.05) is 39.8 Å². The van der Waals surface area contributed by atoms with Crippen molar-refractivity contribution in [3.63, 3.8) is 0 Å². The number of rotatable bonds is 2. The molecule has 0 atom stereocenters. The Morgan fingerprint density at radius 2 is 1.47 bits per heavy atom. The first-order valence-corrected chi connectivity index (χ1v) is 7.71. The number of hydrogen-bond donors (Lipinski definition) is 0.